The monoisotopic (exact) mass is 516 g/mol. The standard InChI is InChI=1S/C25H26F6N2OS/c1-2-35-32-22-20(33(13-25(22,30)31)24(34)17-10-18(26)11-17)12-15-6-4-8-19(21(15)27)14-5-3-7-16(9-14)23(28)29/h3-9,17-18,20,22-23,32H,2,10-13H2,1H3/t17?,18?,20-,22+/m0/s1. The van der Waals surface area contributed by atoms with Crippen molar-refractivity contribution in [3.63, 3.8) is 0 Å². The minimum Gasteiger partial charge on any atom is -0.331 e. The van der Waals surface area contributed by atoms with Gasteiger partial charge in [-0.1, -0.05) is 55.3 Å². The van der Waals surface area contributed by atoms with Crippen LogP contribution in [0.15, 0.2) is 42.5 Å². The molecule has 1 aliphatic carbocycles. The van der Waals surface area contributed by atoms with Crippen molar-refractivity contribution in [2.75, 3.05) is 12.3 Å². The zero-order valence-electron chi connectivity index (χ0n) is 19.0. The Morgan fingerprint density at radius 2 is 1.91 bits per heavy atom. The number of hydrogen-bond donors (Lipinski definition) is 1. The minimum absolute atomic E-state index is 0.000244. The maximum Gasteiger partial charge on any atom is 0.283 e. The summed E-state index contributed by atoms with van der Waals surface area (Å²) in [5.74, 6) is -4.68. The van der Waals surface area contributed by atoms with Gasteiger partial charge in [0.15, 0.2) is 0 Å². The molecule has 1 saturated heterocycles. The van der Waals surface area contributed by atoms with E-state index in [1.165, 1.54) is 42.5 Å². The van der Waals surface area contributed by atoms with E-state index in [2.05, 4.69) is 4.72 Å². The highest BCUT2D eigenvalue weighted by Crippen LogP contribution is 2.40. The van der Waals surface area contributed by atoms with E-state index in [0.717, 1.165) is 16.8 Å². The number of hydrogen-bond acceptors (Lipinski definition) is 3. The zero-order chi connectivity index (χ0) is 25.3. The molecule has 0 spiro atoms. The van der Waals surface area contributed by atoms with Crippen LogP contribution in [0.3, 0.4) is 0 Å². The topological polar surface area (TPSA) is 32.3 Å². The lowest BCUT2D eigenvalue weighted by molar-refractivity contribution is -0.142. The van der Waals surface area contributed by atoms with Gasteiger partial charge in [0, 0.05) is 22.8 Å². The Morgan fingerprint density at radius 3 is 2.57 bits per heavy atom. The van der Waals surface area contributed by atoms with E-state index in [0.29, 0.717) is 5.75 Å². The molecule has 1 amide bonds. The van der Waals surface area contributed by atoms with Crippen LogP contribution in [0.5, 0.6) is 0 Å². The first-order valence-electron chi connectivity index (χ1n) is 11.5. The number of benzene rings is 2. The molecule has 0 aromatic heterocycles. The van der Waals surface area contributed by atoms with E-state index in [1.54, 1.807) is 6.92 Å². The number of likely N-dealkylation sites (tertiary alicyclic amines) is 1. The number of nitrogens with one attached hydrogen (secondary N) is 1. The second kappa shape index (κ2) is 10.4. The summed E-state index contributed by atoms with van der Waals surface area (Å²) in [5, 5.41) is 0. The van der Waals surface area contributed by atoms with Gasteiger partial charge >= 0.3 is 0 Å². The molecule has 10 heteroatoms. The van der Waals surface area contributed by atoms with Crippen LogP contribution in [0, 0.1) is 11.7 Å². The maximum atomic E-state index is 15.6. The fourth-order valence-electron chi connectivity index (χ4n) is 4.72. The third-order valence-electron chi connectivity index (χ3n) is 6.65. The normalized spacial score (nSPS) is 25.7. The SMILES string of the molecule is CCSN[C@@H]1[C@H](Cc2cccc(-c3cccc(C(F)F)c3)c2F)N(C(=O)C2CC(F)C2)CC1(F)F. The fourth-order valence-corrected chi connectivity index (χ4v) is 5.40. The highest BCUT2D eigenvalue weighted by molar-refractivity contribution is 7.97. The average molecular weight is 517 g/mol. The number of nitrogens with zero attached hydrogens (tertiary/aromatic N) is 1. The Kier molecular flexibility index (Phi) is 7.71. The van der Waals surface area contributed by atoms with Crippen molar-refractivity contribution in [2.24, 2.45) is 5.92 Å². The lowest BCUT2D eigenvalue weighted by Gasteiger charge is -2.35. The number of carbonyl (C=O) groups excluding carboxylic acids is 1. The van der Waals surface area contributed by atoms with Crippen LogP contribution in [0.25, 0.3) is 11.1 Å². The molecule has 2 atom stereocenters. The summed E-state index contributed by atoms with van der Waals surface area (Å²) in [6.07, 6.45) is -4.05. The van der Waals surface area contributed by atoms with E-state index in [-0.39, 0.29) is 41.5 Å². The van der Waals surface area contributed by atoms with Crippen molar-refractivity contribution >= 4 is 17.9 Å². The Hall–Kier alpha value is -2.20. The van der Waals surface area contributed by atoms with Gasteiger partial charge in [0.25, 0.3) is 12.3 Å². The van der Waals surface area contributed by atoms with E-state index >= 15 is 13.2 Å². The first-order chi connectivity index (χ1) is 16.6. The third kappa shape index (κ3) is 5.33. The Labute approximate surface area is 204 Å². The predicted octanol–water partition coefficient (Wildman–Crippen LogP) is 6.19. The highest BCUT2D eigenvalue weighted by Gasteiger charge is 2.57. The van der Waals surface area contributed by atoms with Gasteiger partial charge in [0.1, 0.15) is 18.0 Å². The van der Waals surface area contributed by atoms with E-state index < -0.39 is 54.8 Å². The molecule has 1 N–H and O–H groups in total. The van der Waals surface area contributed by atoms with Gasteiger partial charge in [-0.3, -0.25) is 9.52 Å². The first kappa shape index (κ1) is 25.9. The highest BCUT2D eigenvalue weighted by atomic mass is 32.2. The molecule has 2 aliphatic rings. The summed E-state index contributed by atoms with van der Waals surface area (Å²) < 4.78 is 88.0. The van der Waals surface area contributed by atoms with Gasteiger partial charge in [0.2, 0.25) is 5.91 Å². The largest absolute Gasteiger partial charge is 0.331 e. The van der Waals surface area contributed by atoms with E-state index in [9.17, 15) is 18.0 Å². The molecule has 1 aliphatic heterocycles. The third-order valence-corrected chi connectivity index (χ3v) is 7.36. The molecule has 2 fully saturated rings. The Bertz CT molecular complexity index is 1060. The number of rotatable bonds is 8. The van der Waals surface area contributed by atoms with Gasteiger partial charge in [-0.05, 0) is 36.5 Å². The summed E-state index contributed by atoms with van der Waals surface area (Å²) in [5.41, 5.74) is 0.147. The van der Waals surface area contributed by atoms with Gasteiger partial charge < -0.3 is 4.90 Å². The lowest BCUT2D eigenvalue weighted by atomic mass is 9.82. The Balaban J connectivity index is 1.66. The van der Waals surface area contributed by atoms with Crippen LogP contribution >= 0.6 is 11.9 Å². The van der Waals surface area contributed by atoms with Crippen molar-refractivity contribution in [1.82, 2.24) is 9.62 Å². The van der Waals surface area contributed by atoms with Crippen LogP contribution in [0.4, 0.5) is 26.3 Å². The molecule has 35 heavy (non-hydrogen) atoms. The molecule has 1 saturated carbocycles. The van der Waals surface area contributed by atoms with Crippen molar-refractivity contribution in [3.05, 3.63) is 59.4 Å². The summed E-state index contributed by atoms with van der Waals surface area (Å²) >= 11 is 1.08. The summed E-state index contributed by atoms with van der Waals surface area (Å²) in [6, 6.07) is 7.26. The Morgan fingerprint density at radius 1 is 1.20 bits per heavy atom. The van der Waals surface area contributed by atoms with Crippen molar-refractivity contribution in [1.29, 1.82) is 0 Å². The van der Waals surface area contributed by atoms with Crippen molar-refractivity contribution in [3.8, 4) is 11.1 Å². The van der Waals surface area contributed by atoms with Gasteiger partial charge in [-0.2, -0.15) is 0 Å². The smallest absolute Gasteiger partial charge is 0.283 e. The number of carbonyl (C=O) groups is 1. The van der Waals surface area contributed by atoms with Crippen LogP contribution in [-0.2, 0) is 11.2 Å². The average Bonchev–Trinajstić information content (AvgIpc) is 3.05. The van der Waals surface area contributed by atoms with Gasteiger partial charge in [0.05, 0.1) is 12.6 Å². The minimum atomic E-state index is -3.26. The molecule has 2 aromatic rings. The molecule has 1 heterocycles. The van der Waals surface area contributed by atoms with Gasteiger partial charge in [-0.25, -0.2) is 26.3 Å². The van der Waals surface area contributed by atoms with E-state index in [4.69, 9.17) is 0 Å². The number of amides is 1. The zero-order valence-corrected chi connectivity index (χ0v) is 19.8. The second-order valence-electron chi connectivity index (χ2n) is 9.00. The molecule has 0 radical (unpaired) electrons. The summed E-state index contributed by atoms with van der Waals surface area (Å²) in [6.45, 7) is 0.957. The molecule has 2 aromatic carbocycles. The van der Waals surface area contributed by atoms with Crippen LogP contribution in [0.1, 0.15) is 37.3 Å². The molecular weight excluding hydrogens is 490 g/mol. The van der Waals surface area contributed by atoms with Gasteiger partial charge in [-0.15, -0.1) is 0 Å². The van der Waals surface area contributed by atoms with Crippen molar-refractivity contribution < 1.29 is 31.1 Å². The fraction of sp³-hybridized carbons (Fsp3) is 0.480. The van der Waals surface area contributed by atoms with Crippen LogP contribution in [-0.4, -0.2) is 47.3 Å². The second-order valence-corrected chi connectivity index (χ2v) is 10.1. The summed E-state index contributed by atoms with van der Waals surface area (Å²) in [7, 11) is 0. The van der Waals surface area contributed by atoms with E-state index in [1.807, 2.05) is 0 Å². The molecule has 0 unspecified atom stereocenters. The predicted molar refractivity (Wildman–Crippen MR) is 124 cm³/mol. The maximum absolute atomic E-state index is 15.6. The first-order valence-corrected chi connectivity index (χ1v) is 12.5. The lowest BCUT2D eigenvalue weighted by Crippen LogP contribution is -2.50. The molecule has 3 nitrogen and oxygen atoms in total. The molecule has 190 valence electrons. The number of halogens is 6. The van der Waals surface area contributed by atoms with Crippen LogP contribution in [0.2, 0.25) is 0 Å². The number of alkyl halides is 5. The quantitative estimate of drug-likeness (QED) is 0.335. The molecule has 0 bridgehead atoms. The van der Waals surface area contributed by atoms with Crippen LogP contribution < -0.4 is 4.72 Å². The van der Waals surface area contributed by atoms with Crippen molar-refractivity contribution in [2.45, 2.75) is 56.8 Å². The molecular formula is C25H26F6N2OS. The summed E-state index contributed by atoms with van der Waals surface area (Å²) in [4.78, 5) is 14.0. The molecule has 4 rings (SSSR count).